The lowest BCUT2D eigenvalue weighted by Gasteiger charge is -2.19. The van der Waals surface area contributed by atoms with Gasteiger partial charge in [-0.2, -0.15) is 0 Å². The zero-order chi connectivity index (χ0) is 20.1. The van der Waals surface area contributed by atoms with Gasteiger partial charge in [-0.3, -0.25) is 9.78 Å². The van der Waals surface area contributed by atoms with Crippen LogP contribution in [0.1, 0.15) is 18.4 Å². The van der Waals surface area contributed by atoms with Crippen molar-refractivity contribution in [1.29, 1.82) is 0 Å². The second-order valence-electron chi connectivity index (χ2n) is 7.54. The first kappa shape index (κ1) is 19.3. The van der Waals surface area contributed by atoms with Crippen LogP contribution in [0.15, 0.2) is 73.1 Å². The summed E-state index contributed by atoms with van der Waals surface area (Å²) in [5.74, 6) is 0.253. The average molecular weight is 389 g/mol. The molecule has 0 spiro atoms. The Labute approximate surface area is 170 Å². The zero-order valence-corrected chi connectivity index (χ0v) is 16.1. The van der Waals surface area contributed by atoms with E-state index in [-0.39, 0.29) is 11.7 Å². The molecule has 5 heteroatoms. The molecule has 1 amide bonds. The molecule has 1 aromatic heterocycles. The van der Waals surface area contributed by atoms with E-state index in [1.54, 1.807) is 18.5 Å². The number of amides is 1. The quantitative estimate of drug-likeness (QED) is 0.599. The van der Waals surface area contributed by atoms with Crippen LogP contribution in [0.5, 0.6) is 0 Å². The molecule has 0 aliphatic heterocycles. The summed E-state index contributed by atoms with van der Waals surface area (Å²) in [6.07, 6.45) is 6.35. The van der Waals surface area contributed by atoms with Crippen molar-refractivity contribution < 1.29 is 9.18 Å². The van der Waals surface area contributed by atoms with Crippen molar-refractivity contribution >= 4 is 11.6 Å². The molecule has 1 atom stereocenters. The Hall–Kier alpha value is -3.05. The number of aromatic nitrogens is 1. The van der Waals surface area contributed by atoms with Crippen molar-refractivity contribution in [2.75, 3.05) is 11.9 Å². The van der Waals surface area contributed by atoms with E-state index in [9.17, 15) is 9.18 Å². The van der Waals surface area contributed by atoms with Gasteiger partial charge >= 0.3 is 0 Å². The van der Waals surface area contributed by atoms with Crippen molar-refractivity contribution in [3.63, 3.8) is 0 Å². The number of halogens is 1. The third-order valence-corrected chi connectivity index (χ3v) is 5.14. The molecular weight excluding hydrogens is 365 g/mol. The second kappa shape index (κ2) is 8.97. The highest BCUT2D eigenvalue weighted by molar-refractivity contribution is 5.95. The lowest BCUT2D eigenvalue weighted by molar-refractivity contribution is -0.118. The van der Waals surface area contributed by atoms with Gasteiger partial charge < -0.3 is 10.6 Å². The van der Waals surface area contributed by atoms with Crippen molar-refractivity contribution in [3.05, 3.63) is 84.4 Å². The lowest BCUT2D eigenvalue weighted by atomic mass is 10.0. The Morgan fingerprint density at radius 3 is 2.59 bits per heavy atom. The summed E-state index contributed by atoms with van der Waals surface area (Å²) in [6, 6.07) is 17.6. The fraction of sp³-hybridized carbons (Fsp3) is 0.250. The van der Waals surface area contributed by atoms with Gasteiger partial charge in [0.25, 0.3) is 0 Å². The van der Waals surface area contributed by atoms with Crippen LogP contribution >= 0.6 is 0 Å². The van der Waals surface area contributed by atoms with Crippen LogP contribution in [0.25, 0.3) is 11.1 Å². The Bertz CT molecular complexity index is 973. The minimum Gasteiger partial charge on any atom is -0.325 e. The second-order valence-corrected chi connectivity index (χ2v) is 7.54. The maximum Gasteiger partial charge on any atom is 0.241 e. The molecule has 148 valence electrons. The molecule has 2 aromatic carbocycles. The number of carbonyl (C=O) groups excluding carboxylic acids is 1. The Morgan fingerprint density at radius 1 is 1.03 bits per heavy atom. The highest BCUT2D eigenvalue weighted by Crippen LogP contribution is 2.28. The van der Waals surface area contributed by atoms with E-state index in [0.717, 1.165) is 28.9 Å². The molecule has 4 rings (SSSR count). The van der Waals surface area contributed by atoms with E-state index in [0.29, 0.717) is 12.3 Å². The largest absolute Gasteiger partial charge is 0.325 e. The van der Waals surface area contributed by atoms with Crippen LogP contribution in [0.3, 0.4) is 0 Å². The molecule has 0 radical (unpaired) electrons. The first-order chi connectivity index (χ1) is 14.2. The SMILES string of the molecule is O=C(Nc1cccc(-c2ccncc2)c1)[C@H](Cc1cccc(F)c1)NCC1CC1. The molecule has 1 saturated carbocycles. The molecule has 3 aromatic rings. The number of anilines is 1. The maximum absolute atomic E-state index is 13.6. The third kappa shape index (κ3) is 5.48. The van der Waals surface area contributed by atoms with Gasteiger partial charge in [0.2, 0.25) is 5.91 Å². The van der Waals surface area contributed by atoms with Gasteiger partial charge in [-0.05, 0) is 84.8 Å². The number of pyridine rings is 1. The van der Waals surface area contributed by atoms with Crippen molar-refractivity contribution in [2.24, 2.45) is 5.92 Å². The number of hydrogen-bond donors (Lipinski definition) is 2. The van der Waals surface area contributed by atoms with Crippen LogP contribution in [0.2, 0.25) is 0 Å². The molecule has 1 heterocycles. The summed E-state index contributed by atoms with van der Waals surface area (Å²) in [4.78, 5) is 17.1. The highest BCUT2D eigenvalue weighted by atomic mass is 19.1. The van der Waals surface area contributed by atoms with E-state index >= 15 is 0 Å². The smallest absolute Gasteiger partial charge is 0.241 e. The standard InChI is InChI=1S/C24H24FN3O/c25-21-5-1-3-18(13-21)14-23(27-16-17-7-8-17)24(29)28-22-6-2-4-20(15-22)19-9-11-26-12-10-19/h1-6,9-13,15,17,23,27H,7-8,14,16H2,(H,28,29)/t23-/m0/s1. The molecule has 1 aliphatic rings. The molecule has 0 unspecified atom stereocenters. The Balaban J connectivity index is 1.48. The average Bonchev–Trinajstić information content (AvgIpc) is 3.56. The van der Waals surface area contributed by atoms with E-state index in [4.69, 9.17) is 0 Å². The van der Waals surface area contributed by atoms with Gasteiger partial charge in [0.15, 0.2) is 0 Å². The number of benzene rings is 2. The monoisotopic (exact) mass is 389 g/mol. The molecule has 1 fully saturated rings. The first-order valence-electron chi connectivity index (χ1n) is 9.96. The Kier molecular flexibility index (Phi) is 5.96. The summed E-state index contributed by atoms with van der Waals surface area (Å²) >= 11 is 0. The summed E-state index contributed by atoms with van der Waals surface area (Å²) in [7, 11) is 0. The summed E-state index contributed by atoms with van der Waals surface area (Å²) in [5.41, 5.74) is 3.60. The van der Waals surface area contributed by atoms with Gasteiger partial charge in [-0.1, -0.05) is 24.3 Å². The number of nitrogens with zero attached hydrogens (tertiary/aromatic N) is 1. The Morgan fingerprint density at radius 2 is 1.83 bits per heavy atom. The van der Waals surface area contributed by atoms with Gasteiger partial charge in [-0.25, -0.2) is 4.39 Å². The van der Waals surface area contributed by atoms with Crippen molar-refractivity contribution in [3.8, 4) is 11.1 Å². The molecule has 29 heavy (non-hydrogen) atoms. The molecule has 1 aliphatic carbocycles. The van der Waals surface area contributed by atoms with Crippen LogP contribution in [-0.4, -0.2) is 23.5 Å². The molecule has 0 saturated heterocycles. The van der Waals surface area contributed by atoms with Gasteiger partial charge in [0.1, 0.15) is 5.82 Å². The fourth-order valence-corrected chi connectivity index (χ4v) is 3.34. The zero-order valence-electron chi connectivity index (χ0n) is 16.1. The predicted molar refractivity (Wildman–Crippen MR) is 113 cm³/mol. The fourth-order valence-electron chi connectivity index (χ4n) is 3.34. The van der Waals surface area contributed by atoms with Crippen LogP contribution in [0.4, 0.5) is 10.1 Å². The molecule has 4 nitrogen and oxygen atoms in total. The summed E-state index contributed by atoms with van der Waals surface area (Å²) in [5, 5.41) is 6.39. The number of rotatable bonds is 8. The minimum absolute atomic E-state index is 0.109. The van der Waals surface area contributed by atoms with Crippen LogP contribution < -0.4 is 10.6 Å². The predicted octanol–water partition coefficient (Wildman–Crippen LogP) is 4.44. The van der Waals surface area contributed by atoms with Crippen LogP contribution in [-0.2, 0) is 11.2 Å². The minimum atomic E-state index is -0.415. The normalized spacial score (nSPS) is 14.4. The highest BCUT2D eigenvalue weighted by Gasteiger charge is 2.25. The number of nitrogens with one attached hydrogen (secondary N) is 2. The molecule has 2 N–H and O–H groups in total. The third-order valence-electron chi connectivity index (χ3n) is 5.14. The van der Waals surface area contributed by atoms with E-state index in [1.165, 1.54) is 25.0 Å². The van der Waals surface area contributed by atoms with Gasteiger partial charge in [0.05, 0.1) is 6.04 Å². The van der Waals surface area contributed by atoms with Gasteiger partial charge in [-0.15, -0.1) is 0 Å². The van der Waals surface area contributed by atoms with Gasteiger partial charge in [0, 0.05) is 18.1 Å². The molecular formula is C24H24FN3O. The number of carbonyl (C=O) groups is 1. The maximum atomic E-state index is 13.6. The van der Waals surface area contributed by atoms with E-state index in [1.807, 2.05) is 42.5 Å². The van der Waals surface area contributed by atoms with E-state index < -0.39 is 6.04 Å². The summed E-state index contributed by atoms with van der Waals surface area (Å²) < 4.78 is 13.6. The van der Waals surface area contributed by atoms with E-state index in [2.05, 4.69) is 15.6 Å². The summed E-state index contributed by atoms with van der Waals surface area (Å²) in [6.45, 7) is 0.810. The number of hydrogen-bond acceptors (Lipinski definition) is 3. The molecule has 0 bridgehead atoms. The van der Waals surface area contributed by atoms with Crippen molar-refractivity contribution in [2.45, 2.75) is 25.3 Å². The lowest BCUT2D eigenvalue weighted by Crippen LogP contribution is -2.43. The topological polar surface area (TPSA) is 54.0 Å². The van der Waals surface area contributed by atoms with Crippen LogP contribution in [0, 0.1) is 11.7 Å². The first-order valence-corrected chi connectivity index (χ1v) is 9.96. The van der Waals surface area contributed by atoms with Crippen molar-refractivity contribution in [1.82, 2.24) is 10.3 Å².